The number of methoxy groups -OCH3 is 1. The molecule has 1 aromatic carbocycles. The van der Waals surface area contributed by atoms with Gasteiger partial charge in [-0.25, -0.2) is 9.59 Å². The number of nitrogens with one attached hydrogen (secondary N) is 1. The number of nitrogens with zero attached hydrogens (tertiary/aromatic N) is 1. The van der Waals surface area contributed by atoms with Gasteiger partial charge in [0.1, 0.15) is 5.60 Å². The van der Waals surface area contributed by atoms with E-state index in [0.717, 1.165) is 25.1 Å². The fourth-order valence-electron chi connectivity index (χ4n) is 2.78. The molecule has 1 saturated heterocycles. The fraction of sp³-hybridized carbons (Fsp3) is 0.579. The van der Waals surface area contributed by atoms with Gasteiger partial charge in [-0.15, -0.1) is 0 Å². The summed E-state index contributed by atoms with van der Waals surface area (Å²) in [5.41, 5.74) is 0.977. The first kappa shape index (κ1) is 19.1. The monoisotopic (exact) mass is 348 g/mol. The Bertz CT molecular complexity index is 602. The molecule has 0 bridgehead atoms. The molecule has 25 heavy (non-hydrogen) atoms. The van der Waals surface area contributed by atoms with Gasteiger partial charge in [-0.05, 0) is 57.7 Å². The molecule has 1 amide bonds. The van der Waals surface area contributed by atoms with E-state index in [9.17, 15) is 9.59 Å². The summed E-state index contributed by atoms with van der Waals surface area (Å²) in [7, 11) is 1.38. The van der Waals surface area contributed by atoms with Gasteiger partial charge in [0.15, 0.2) is 0 Å². The summed E-state index contributed by atoms with van der Waals surface area (Å²) in [6.07, 6.45) is 1.64. The van der Waals surface area contributed by atoms with E-state index >= 15 is 0 Å². The molecule has 0 unspecified atom stereocenters. The molecule has 1 aromatic rings. The van der Waals surface area contributed by atoms with Crippen molar-refractivity contribution in [2.24, 2.45) is 5.92 Å². The Kier molecular flexibility index (Phi) is 6.28. The molecule has 0 radical (unpaired) electrons. The summed E-state index contributed by atoms with van der Waals surface area (Å²) in [4.78, 5) is 25.4. The van der Waals surface area contributed by atoms with E-state index < -0.39 is 5.60 Å². The molecule has 1 N–H and O–H groups in total. The minimum absolute atomic E-state index is 0.232. The minimum Gasteiger partial charge on any atom is -0.465 e. The Hall–Kier alpha value is -2.24. The molecule has 0 aromatic heterocycles. The highest BCUT2D eigenvalue weighted by atomic mass is 16.6. The fourth-order valence-corrected chi connectivity index (χ4v) is 2.78. The molecule has 2 rings (SSSR count). The molecular weight excluding hydrogens is 320 g/mol. The highest BCUT2D eigenvalue weighted by Crippen LogP contribution is 2.21. The Labute approximate surface area is 149 Å². The molecule has 1 fully saturated rings. The van der Waals surface area contributed by atoms with Crippen LogP contribution in [-0.4, -0.2) is 49.3 Å². The Morgan fingerprint density at radius 2 is 1.92 bits per heavy atom. The van der Waals surface area contributed by atoms with Crippen LogP contribution >= 0.6 is 0 Å². The number of likely N-dealkylation sites (tertiary alicyclic amines) is 1. The van der Waals surface area contributed by atoms with Gasteiger partial charge in [-0.2, -0.15) is 0 Å². The molecule has 6 heteroatoms. The molecule has 1 aliphatic rings. The highest BCUT2D eigenvalue weighted by molar-refractivity contribution is 5.90. The Balaban J connectivity index is 1.79. The van der Waals surface area contributed by atoms with Crippen molar-refractivity contribution in [1.82, 2.24) is 4.90 Å². The number of benzene rings is 1. The lowest BCUT2D eigenvalue weighted by atomic mass is 9.97. The molecule has 6 nitrogen and oxygen atoms in total. The molecular formula is C19H28N2O4. The van der Waals surface area contributed by atoms with Crippen LogP contribution in [0.4, 0.5) is 10.5 Å². The second-order valence-electron chi connectivity index (χ2n) is 7.36. The number of piperidine rings is 1. The molecule has 1 heterocycles. The number of ether oxygens (including phenoxy) is 2. The number of carbonyl (C=O) groups is 2. The summed E-state index contributed by atoms with van der Waals surface area (Å²) in [6, 6.07) is 7.29. The average molecular weight is 348 g/mol. The van der Waals surface area contributed by atoms with Crippen LogP contribution in [0.2, 0.25) is 0 Å². The van der Waals surface area contributed by atoms with Crippen molar-refractivity contribution in [2.75, 3.05) is 32.1 Å². The smallest absolute Gasteiger partial charge is 0.410 e. The third-order valence-electron chi connectivity index (χ3n) is 4.14. The second-order valence-corrected chi connectivity index (χ2v) is 7.36. The zero-order valence-electron chi connectivity index (χ0n) is 15.5. The van der Waals surface area contributed by atoms with Gasteiger partial charge in [-0.3, -0.25) is 0 Å². The van der Waals surface area contributed by atoms with Crippen molar-refractivity contribution in [2.45, 2.75) is 39.2 Å². The normalized spacial score (nSPS) is 15.6. The largest absolute Gasteiger partial charge is 0.465 e. The topological polar surface area (TPSA) is 67.9 Å². The summed E-state index contributed by atoms with van der Waals surface area (Å²) in [5, 5.41) is 3.37. The van der Waals surface area contributed by atoms with Crippen molar-refractivity contribution >= 4 is 17.7 Å². The first-order chi connectivity index (χ1) is 11.8. The number of amides is 1. The van der Waals surface area contributed by atoms with E-state index in [1.807, 2.05) is 32.9 Å². The van der Waals surface area contributed by atoms with Gasteiger partial charge in [0.25, 0.3) is 0 Å². The number of anilines is 1. The second kappa shape index (κ2) is 8.23. The average Bonchev–Trinajstić information content (AvgIpc) is 2.58. The van der Waals surface area contributed by atoms with Gasteiger partial charge >= 0.3 is 12.1 Å². The number of carbonyl (C=O) groups excluding carboxylic acids is 2. The summed E-state index contributed by atoms with van der Waals surface area (Å²) < 4.78 is 10.2. The number of esters is 1. The van der Waals surface area contributed by atoms with Crippen LogP contribution in [0, 0.1) is 5.92 Å². The summed E-state index contributed by atoms with van der Waals surface area (Å²) in [5.74, 6) is 0.148. The van der Waals surface area contributed by atoms with E-state index in [1.165, 1.54) is 7.11 Å². The third-order valence-corrected chi connectivity index (χ3v) is 4.14. The molecule has 0 atom stereocenters. The highest BCUT2D eigenvalue weighted by Gasteiger charge is 2.26. The lowest BCUT2D eigenvalue weighted by molar-refractivity contribution is 0.0188. The zero-order valence-corrected chi connectivity index (χ0v) is 15.5. The minimum atomic E-state index is -0.458. The SMILES string of the molecule is COC(=O)c1cccc(NCC2CCN(C(=O)OC(C)(C)C)CC2)c1. The van der Waals surface area contributed by atoms with Gasteiger partial charge in [0.2, 0.25) is 0 Å². The van der Waals surface area contributed by atoms with Crippen LogP contribution in [0.5, 0.6) is 0 Å². The lowest BCUT2D eigenvalue weighted by Crippen LogP contribution is -2.42. The quantitative estimate of drug-likeness (QED) is 0.843. The maximum atomic E-state index is 12.1. The first-order valence-electron chi connectivity index (χ1n) is 8.68. The van der Waals surface area contributed by atoms with E-state index in [0.29, 0.717) is 24.6 Å². The third kappa shape index (κ3) is 5.96. The molecule has 0 aliphatic carbocycles. The van der Waals surface area contributed by atoms with Gasteiger partial charge < -0.3 is 19.7 Å². The van der Waals surface area contributed by atoms with Gasteiger partial charge in [0, 0.05) is 25.3 Å². The number of hydrogen-bond acceptors (Lipinski definition) is 5. The van der Waals surface area contributed by atoms with Crippen molar-refractivity contribution in [3.8, 4) is 0 Å². The predicted octanol–water partition coefficient (Wildman–Crippen LogP) is 3.53. The predicted molar refractivity (Wildman–Crippen MR) is 96.8 cm³/mol. The van der Waals surface area contributed by atoms with E-state index in [4.69, 9.17) is 9.47 Å². The summed E-state index contributed by atoms with van der Waals surface area (Å²) in [6.45, 7) is 7.87. The van der Waals surface area contributed by atoms with Crippen LogP contribution in [0.15, 0.2) is 24.3 Å². The van der Waals surface area contributed by atoms with Crippen molar-refractivity contribution in [3.63, 3.8) is 0 Å². The zero-order chi connectivity index (χ0) is 18.4. The Morgan fingerprint density at radius 1 is 1.24 bits per heavy atom. The van der Waals surface area contributed by atoms with Gasteiger partial charge in [0.05, 0.1) is 12.7 Å². The van der Waals surface area contributed by atoms with Crippen LogP contribution in [0.1, 0.15) is 44.0 Å². The maximum Gasteiger partial charge on any atom is 0.410 e. The molecule has 0 saturated carbocycles. The van der Waals surface area contributed by atoms with Crippen LogP contribution in [0.25, 0.3) is 0 Å². The van der Waals surface area contributed by atoms with Crippen LogP contribution < -0.4 is 5.32 Å². The molecule has 138 valence electrons. The van der Waals surface area contributed by atoms with Crippen molar-refractivity contribution < 1.29 is 19.1 Å². The summed E-state index contributed by atoms with van der Waals surface area (Å²) >= 11 is 0. The maximum absolute atomic E-state index is 12.1. The van der Waals surface area contributed by atoms with Crippen molar-refractivity contribution in [1.29, 1.82) is 0 Å². The van der Waals surface area contributed by atoms with E-state index in [-0.39, 0.29) is 12.1 Å². The Morgan fingerprint density at radius 3 is 2.52 bits per heavy atom. The standard InChI is InChI=1S/C19H28N2O4/c1-19(2,3)25-18(23)21-10-8-14(9-11-21)13-20-16-7-5-6-15(12-16)17(22)24-4/h5-7,12,14,20H,8-11,13H2,1-4H3. The van der Waals surface area contributed by atoms with Gasteiger partial charge in [-0.1, -0.05) is 6.07 Å². The number of rotatable bonds is 4. The lowest BCUT2D eigenvalue weighted by Gasteiger charge is -2.33. The van der Waals surface area contributed by atoms with Crippen LogP contribution in [0.3, 0.4) is 0 Å². The van der Waals surface area contributed by atoms with Crippen molar-refractivity contribution in [3.05, 3.63) is 29.8 Å². The van der Waals surface area contributed by atoms with Crippen LogP contribution in [-0.2, 0) is 9.47 Å². The number of hydrogen-bond donors (Lipinski definition) is 1. The molecule has 1 aliphatic heterocycles. The van der Waals surface area contributed by atoms with E-state index in [2.05, 4.69) is 5.32 Å². The van der Waals surface area contributed by atoms with E-state index in [1.54, 1.807) is 17.0 Å². The first-order valence-corrected chi connectivity index (χ1v) is 8.68. The molecule has 0 spiro atoms.